The summed E-state index contributed by atoms with van der Waals surface area (Å²) >= 11 is 1.62. The number of nitrogens with zero attached hydrogens (tertiary/aromatic N) is 3. The van der Waals surface area contributed by atoms with Crippen LogP contribution in [0.2, 0.25) is 0 Å². The Labute approximate surface area is 195 Å². The molecule has 2 aromatic carbocycles. The van der Waals surface area contributed by atoms with Gasteiger partial charge in [0.05, 0.1) is 18.0 Å². The van der Waals surface area contributed by atoms with Gasteiger partial charge in [-0.05, 0) is 50.7 Å². The Morgan fingerprint density at radius 1 is 1.00 bits per heavy atom. The minimum atomic E-state index is 0.610. The van der Waals surface area contributed by atoms with Gasteiger partial charge in [0.25, 0.3) is 0 Å². The molecule has 0 radical (unpaired) electrons. The van der Waals surface area contributed by atoms with Gasteiger partial charge >= 0.3 is 0 Å². The van der Waals surface area contributed by atoms with Crippen molar-refractivity contribution in [1.29, 1.82) is 0 Å². The zero-order valence-electron chi connectivity index (χ0n) is 19.5. The number of thiazole rings is 1. The van der Waals surface area contributed by atoms with E-state index in [2.05, 4.69) is 74.3 Å². The SMILES string of the molecule is C=C(C)CN=c1scc(-c2ccc(C)cc2)n1/N=C(/C)c1ccc(C2CCCCC2)cc1. The Morgan fingerprint density at radius 2 is 1.69 bits per heavy atom. The molecule has 0 unspecified atom stereocenters. The van der Waals surface area contributed by atoms with Gasteiger partial charge in [-0.3, -0.25) is 4.99 Å². The van der Waals surface area contributed by atoms with Crippen LogP contribution in [0.25, 0.3) is 11.3 Å². The molecule has 0 spiro atoms. The molecule has 1 aliphatic rings. The molecule has 0 bridgehead atoms. The number of hydrogen-bond donors (Lipinski definition) is 0. The third-order valence-electron chi connectivity index (χ3n) is 6.17. The van der Waals surface area contributed by atoms with E-state index in [0.29, 0.717) is 6.54 Å². The third kappa shape index (κ3) is 5.36. The van der Waals surface area contributed by atoms with Gasteiger partial charge < -0.3 is 0 Å². The fraction of sp³-hybridized carbons (Fsp3) is 0.357. The fourth-order valence-electron chi connectivity index (χ4n) is 4.27. The lowest BCUT2D eigenvalue weighted by molar-refractivity contribution is 0.443. The van der Waals surface area contributed by atoms with Crippen LogP contribution >= 0.6 is 11.3 Å². The molecular formula is C28H33N3S. The van der Waals surface area contributed by atoms with Crippen molar-refractivity contribution in [2.45, 2.75) is 58.8 Å². The summed E-state index contributed by atoms with van der Waals surface area (Å²) in [6, 6.07) is 17.6. The number of hydrogen-bond acceptors (Lipinski definition) is 3. The summed E-state index contributed by atoms with van der Waals surface area (Å²) in [4.78, 5) is 5.66. The zero-order chi connectivity index (χ0) is 22.5. The van der Waals surface area contributed by atoms with E-state index in [-0.39, 0.29) is 0 Å². The van der Waals surface area contributed by atoms with E-state index in [1.807, 2.05) is 11.6 Å². The molecule has 0 N–H and O–H groups in total. The van der Waals surface area contributed by atoms with Crippen molar-refractivity contribution >= 4 is 17.0 Å². The van der Waals surface area contributed by atoms with Crippen molar-refractivity contribution in [3.8, 4) is 11.3 Å². The largest absolute Gasteiger partial charge is 0.253 e. The van der Waals surface area contributed by atoms with Crippen molar-refractivity contribution in [3.63, 3.8) is 0 Å². The first-order valence-electron chi connectivity index (χ1n) is 11.6. The summed E-state index contributed by atoms with van der Waals surface area (Å²) in [6.07, 6.45) is 6.76. The number of aryl methyl sites for hydroxylation is 1. The first-order chi connectivity index (χ1) is 15.5. The topological polar surface area (TPSA) is 29.6 Å². The van der Waals surface area contributed by atoms with Gasteiger partial charge in [0.15, 0.2) is 0 Å². The van der Waals surface area contributed by atoms with Gasteiger partial charge in [0.2, 0.25) is 4.80 Å². The Bertz CT molecular complexity index is 1150. The molecule has 1 aliphatic carbocycles. The summed E-state index contributed by atoms with van der Waals surface area (Å²) in [5.74, 6) is 0.724. The molecule has 0 aliphatic heterocycles. The molecule has 4 rings (SSSR count). The molecule has 1 heterocycles. The minimum absolute atomic E-state index is 0.610. The van der Waals surface area contributed by atoms with Crippen LogP contribution in [0.1, 0.15) is 68.6 Å². The van der Waals surface area contributed by atoms with E-state index >= 15 is 0 Å². The molecule has 0 amide bonds. The van der Waals surface area contributed by atoms with Gasteiger partial charge in [-0.15, -0.1) is 11.3 Å². The predicted molar refractivity (Wildman–Crippen MR) is 138 cm³/mol. The van der Waals surface area contributed by atoms with Gasteiger partial charge in [-0.2, -0.15) is 5.10 Å². The summed E-state index contributed by atoms with van der Waals surface area (Å²) in [7, 11) is 0. The van der Waals surface area contributed by atoms with Crippen molar-refractivity contribution in [2.75, 3.05) is 6.54 Å². The van der Waals surface area contributed by atoms with Gasteiger partial charge in [-0.1, -0.05) is 85.5 Å². The highest BCUT2D eigenvalue weighted by Crippen LogP contribution is 2.32. The maximum Gasteiger partial charge on any atom is 0.206 e. The highest BCUT2D eigenvalue weighted by molar-refractivity contribution is 7.07. The first-order valence-corrected chi connectivity index (χ1v) is 12.5. The second-order valence-corrected chi connectivity index (χ2v) is 9.83. The lowest BCUT2D eigenvalue weighted by Gasteiger charge is -2.22. The van der Waals surface area contributed by atoms with E-state index < -0.39 is 0 Å². The van der Waals surface area contributed by atoms with Crippen LogP contribution in [0.15, 0.2) is 76.2 Å². The lowest BCUT2D eigenvalue weighted by Crippen LogP contribution is -2.15. The van der Waals surface area contributed by atoms with Crippen LogP contribution in [-0.2, 0) is 0 Å². The predicted octanol–water partition coefficient (Wildman–Crippen LogP) is 7.32. The Morgan fingerprint density at radius 3 is 2.34 bits per heavy atom. The average molecular weight is 444 g/mol. The summed E-state index contributed by atoms with van der Waals surface area (Å²) in [5.41, 5.74) is 8.12. The minimum Gasteiger partial charge on any atom is -0.253 e. The zero-order valence-corrected chi connectivity index (χ0v) is 20.3. The summed E-state index contributed by atoms with van der Waals surface area (Å²) < 4.78 is 1.99. The van der Waals surface area contributed by atoms with E-state index in [0.717, 1.165) is 38.8 Å². The second kappa shape index (κ2) is 10.3. The first kappa shape index (κ1) is 22.5. The smallest absolute Gasteiger partial charge is 0.206 e. The van der Waals surface area contributed by atoms with E-state index in [4.69, 9.17) is 10.1 Å². The number of aromatic nitrogens is 1. The molecule has 3 aromatic rings. The molecular weight excluding hydrogens is 410 g/mol. The molecule has 32 heavy (non-hydrogen) atoms. The van der Waals surface area contributed by atoms with Crippen LogP contribution in [0, 0.1) is 6.92 Å². The molecule has 1 fully saturated rings. The molecule has 1 aromatic heterocycles. The van der Waals surface area contributed by atoms with Crippen LogP contribution in [0.5, 0.6) is 0 Å². The highest BCUT2D eigenvalue weighted by atomic mass is 32.1. The highest BCUT2D eigenvalue weighted by Gasteiger charge is 2.15. The fourth-order valence-corrected chi connectivity index (χ4v) is 5.10. The number of rotatable bonds is 6. The normalized spacial score (nSPS) is 15.8. The maximum absolute atomic E-state index is 5.03. The van der Waals surface area contributed by atoms with E-state index in [9.17, 15) is 0 Å². The van der Waals surface area contributed by atoms with Gasteiger partial charge in [0, 0.05) is 10.9 Å². The van der Waals surface area contributed by atoms with Crippen molar-refractivity contribution in [2.24, 2.45) is 10.1 Å². The van der Waals surface area contributed by atoms with Crippen molar-refractivity contribution < 1.29 is 0 Å². The number of benzene rings is 2. The standard InChI is InChI=1S/C28H33N3S/c1-20(2)18-29-28-31(27(19-32-28)26-12-10-21(3)11-13-26)30-22(4)23-14-16-25(17-15-23)24-8-6-5-7-9-24/h10-17,19,24H,1,5-9,18H2,2-4H3/b29-28?,30-22-. The molecule has 3 nitrogen and oxygen atoms in total. The summed E-state index contributed by atoms with van der Waals surface area (Å²) in [6.45, 7) is 10.8. The molecule has 0 atom stereocenters. The van der Waals surface area contributed by atoms with Crippen molar-refractivity contribution in [3.05, 3.63) is 87.6 Å². The Kier molecular flexibility index (Phi) is 7.21. The molecule has 166 valence electrons. The second-order valence-electron chi connectivity index (χ2n) is 9.00. The van der Waals surface area contributed by atoms with Gasteiger partial charge in [-0.25, -0.2) is 4.68 Å². The van der Waals surface area contributed by atoms with Crippen LogP contribution < -0.4 is 4.80 Å². The monoisotopic (exact) mass is 443 g/mol. The summed E-state index contributed by atoms with van der Waals surface area (Å²) in [5, 5.41) is 7.17. The lowest BCUT2D eigenvalue weighted by atomic mass is 9.84. The van der Waals surface area contributed by atoms with Gasteiger partial charge in [0.1, 0.15) is 0 Å². The van der Waals surface area contributed by atoms with Crippen LogP contribution in [0.3, 0.4) is 0 Å². The van der Waals surface area contributed by atoms with Crippen LogP contribution in [0.4, 0.5) is 0 Å². The third-order valence-corrected chi connectivity index (χ3v) is 7.03. The molecule has 4 heteroatoms. The van der Waals surface area contributed by atoms with E-state index in [1.54, 1.807) is 11.3 Å². The quantitative estimate of drug-likeness (QED) is 0.282. The maximum atomic E-state index is 5.03. The molecule has 0 saturated heterocycles. The Hall–Kier alpha value is -2.72. The van der Waals surface area contributed by atoms with Crippen LogP contribution in [-0.4, -0.2) is 16.9 Å². The van der Waals surface area contributed by atoms with E-state index in [1.165, 1.54) is 43.2 Å². The Balaban J connectivity index is 1.69. The molecule has 1 saturated carbocycles. The average Bonchev–Trinajstić information content (AvgIpc) is 3.21. The van der Waals surface area contributed by atoms with Crippen molar-refractivity contribution in [1.82, 2.24) is 4.68 Å².